The van der Waals surface area contributed by atoms with E-state index in [1.807, 2.05) is 12.2 Å². The van der Waals surface area contributed by atoms with Crippen molar-refractivity contribution in [1.82, 2.24) is 10.9 Å². The second-order valence-electron chi connectivity index (χ2n) is 7.50. The molecule has 4 N–H and O–H groups in total. The van der Waals surface area contributed by atoms with Gasteiger partial charge in [0, 0.05) is 17.2 Å². The Hall–Kier alpha value is -3.16. The molecule has 0 heterocycles. The largest absolute Gasteiger partial charge is 0.481 e. The summed E-state index contributed by atoms with van der Waals surface area (Å²) in [7, 11) is 0. The Bertz CT molecular complexity index is 831. The minimum atomic E-state index is -0.998. The molecule has 0 unspecified atom stereocenters. The van der Waals surface area contributed by atoms with E-state index in [-0.39, 0.29) is 23.7 Å². The number of carboxylic acid groups (broad SMARTS) is 1. The monoisotopic (exact) mass is 385 g/mol. The maximum Gasteiger partial charge on any atom is 0.307 e. The van der Waals surface area contributed by atoms with Crippen molar-refractivity contribution >= 4 is 29.4 Å². The quantitative estimate of drug-likeness (QED) is 0.452. The number of hydrogen-bond donors (Lipinski definition) is 4. The van der Waals surface area contributed by atoms with Crippen LogP contribution in [0.15, 0.2) is 36.4 Å². The van der Waals surface area contributed by atoms with Gasteiger partial charge in [-0.15, -0.1) is 0 Å². The van der Waals surface area contributed by atoms with Gasteiger partial charge >= 0.3 is 5.97 Å². The first-order valence-electron chi connectivity index (χ1n) is 9.20. The van der Waals surface area contributed by atoms with Crippen LogP contribution in [0, 0.1) is 29.6 Å². The van der Waals surface area contributed by atoms with Gasteiger partial charge in [0.2, 0.25) is 11.8 Å². The van der Waals surface area contributed by atoms with Crippen LogP contribution in [-0.4, -0.2) is 28.8 Å². The first kappa shape index (κ1) is 19.6. The maximum atomic E-state index is 12.5. The molecule has 1 saturated carbocycles. The van der Waals surface area contributed by atoms with Crippen LogP contribution in [-0.2, 0) is 14.4 Å². The molecule has 8 nitrogen and oxygen atoms in total. The molecule has 3 amide bonds. The number of carbonyl (C=O) groups excluding carboxylic acids is 3. The van der Waals surface area contributed by atoms with Gasteiger partial charge in [-0.2, -0.15) is 0 Å². The molecule has 1 aromatic rings. The average molecular weight is 385 g/mol. The van der Waals surface area contributed by atoms with Gasteiger partial charge in [-0.1, -0.05) is 26.0 Å². The van der Waals surface area contributed by atoms with Gasteiger partial charge in [-0.05, 0) is 42.5 Å². The Kier molecular flexibility index (Phi) is 5.48. The number of amides is 3. The van der Waals surface area contributed by atoms with Gasteiger partial charge in [-0.25, -0.2) is 0 Å². The van der Waals surface area contributed by atoms with Crippen molar-refractivity contribution in [2.75, 3.05) is 5.32 Å². The highest BCUT2D eigenvalue weighted by molar-refractivity contribution is 5.97. The summed E-state index contributed by atoms with van der Waals surface area (Å²) in [6, 6.07) is 6.24. The highest BCUT2D eigenvalue weighted by atomic mass is 16.4. The number of fused-ring (bicyclic) bond motifs is 2. The lowest BCUT2D eigenvalue weighted by Crippen LogP contribution is -2.48. The zero-order valence-corrected chi connectivity index (χ0v) is 15.6. The summed E-state index contributed by atoms with van der Waals surface area (Å²) in [5, 5.41) is 12.1. The Morgan fingerprint density at radius 1 is 0.964 bits per heavy atom. The van der Waals surface area contributed by atoms with Crippen molar-refractivity contribution in [3.63, 3.8) is 0 Å². The summed E-state index contributed by atoms with van der Waals surface area (Å²) in [6.45, 7) is 3.56. The lowest BCUT2D eigenvalue weighted by Gasteiger charge is -2.23. The van der Waals surface area contributed by atoms with E-state index >= 15 is 0 Å². The van der Waals surface area contributed by atoms with Crippen LogP contribution in [0.4, 0.5) is 5.69 Å². The molecule has 2 aliphatic carbocycles. The molecule has 28 heavy (non-hydrogen) atoms. The Labute approximate surface area is 162 Å². The first-order chi connectivity index (χ1) is 13.3. The number of carbonyl (C=O) groups is 4. The van der Waals surface area contributed by atoms with E-state index in [0.717, 1.165) is 0 Å². The lowest BCUT2D eigenvalue weighted by atomic mass is 9.82. The smallest absolute Gasteiger partial charge is 0.307 e. The summed E-state index contributed by atoms with van der Waals surface area (Å²) in [5.74, 6) is -4.03. The van der Waals surface area contributed by atoms with E-state index < -0.39 is 29.6 Å². The Morgan fingerprint density at radius 2 is 1.57 bits per heavy atom. The van der Waals surface area contributed by atoms with Gasteiger partial charge in [0.25, 0.3) is 5.91 Å². The van der Waals surface area contributed by atoms with Crippen molar-refractivity contribution in [3.8, 4) is 0 Å². The van der Waals surface area contributed by atoms with Crippen molar-refractivity contribution in [3.05, 3.63) is 42.0 Å². The number of benzene rings is 1. The van der Waals surface area contributed by atoms with E-state index in [9.17, 15) is 24.3 Å². The van der Waals surface area contributed by atoms with Crippen LogP contribution in [0.5, 0.6) is 0 Å². The number of allylic oxidation sites excluding steroid dienone is 2. The number of anilines is 1. The second-order valence-corrected chi connectivity index (χ2v) is 7.50. The first-order valence-corrected chi connectivity index (χ1v) is 9.20. The van der Waals surface area contributed by atoms with Gasteiger partial charge in [0.05, 0.1) is 11.8 Å². The molecule has 0 saturated heterocycles. The zero-order valence-electron chi connectivity index (χ0n) is 15.6. The maximum absolute atomic E-state index is 12.5. The molecule has 4 atom stereocenters. The molecule has 3 rings (SSSR count). The second kappa shape index (κ2) is 7.84. The topological polar surface area (TPSA) is 125 Å². The molecule has 148 valence electrons. The van der Waals surface area contributed by atoms with Gasteiger partial charge < -0.3 is 10.4 Å². The predicted molar refractivity (Wildman–Crippen MR) is 101 cm³/mol. The van der Waals surface area contributed by atoms with E-state index in [1.54, 1.807) is 26.0 Å². The summed E-state index contributed by atoms with van der Waals surface area (Å²) in [6.07, 6.45) is 4.37. The predicted octanol–water partition coefficient (Wildman–Crippen LogP) is 1.56. The van der Waals surface area contributed by atoms with Crippen molar-refractivity contribution < 1.29 is 24.3 Å². The Morgan fingerprint density at radius 3 is 2.14 bits per heavy atom. The summed E-state index contributed by atoms with van der Waals surface area (Å²) in [4.78, 5) is 47.9. The third kappa shape index (κ3) is 3.90. The van der Waals surface area contributed by atoms with E-state index in [0.29, 0.717) is 17.7 Å². The third-order valence-corrected chi connectivity index (χ3v) is 5.29. The average Bonchev–Trinajstić information content (AvgIpc) is 3.27. The number of hydrazine groups is 1. The molecule has 2 bridgehead atoms. The van der Waals surface area contributed by atoms with Gasteiger partial charge in [0.1, 0.15) is 0 Å². The SMILES string of the molecule is CC(C)C(=O)Nc1ccc(C(=O)NNC(=O)[C@@H]2[C@@H](C(=O)O)[C@H]3C=C[C@H]2C3)cc1. The summed E-state index contributed by atoms with van der Waals surface area (Å²) in [5.41, 5.74) is 5.54. The fraction of sp³-hybridized carbons (Fsp3) is 0.400. The van der Waals surface area contributed by atoms with Crippen LogP contribution >= 0.6 is 0 Å². The molecule has 0 aliphatic heterocycles. The molecule has 1 fully saturated rings. The lowest BCUT2D eigenvalue weighted by molar-refractivity contribution is -0.148. The molecule has 0 spiro atoms. The van der Waals surface area contributed by atoms with Crippen LogP contribution < -0.4 is 16.2 Å². The highest BCUT2D eigenvalue weighted by Gasteiger charge is 2.51. The summed E-state index contributed by atoms with van der Waals surface area (Å²) < 4.78 is 0. The highest BCUT2D eigenvalue weighted by Crippen LogP contribution is 2.48. The molecule has 8 heteroatoms. The standard InChI is InChI=1S/C20H23N3O5/c1-10(2)17(24)21-14-7-5-11(6-8-14)18(25)22-23-19(26)15-12-3-4-13(9-12)16(15)20(27)28/h3-8,10,12-13,15-16H,9H2,1-2H3,(H,21,24)(H,22,25)(H,23,26)(H,27,28)/t12-,13-,15-,16-/m0/s1. The number of aliphatic carboxylic acids is 1. The number of carboxylic acids is 1. The van der Waals surface area contributed by atoms with Gasteiger partial charge in [0.15, 0.2) is 0 Å². The zero-order chi connectivity index (χ0) is 20.4. The van der Waals surface area contributed by atoms with E-state index in [4.69, 9.17) is 0 Å². The van der Waals surface area contributed by atoms with Crippen molar-refractivity contribution in [2.24, 2.45) is 29.6 Å². The molecule has 2 aliphatic rings. The number of nitrogens with one attached hydrogen (secondary N) is 3. The third-order valence-electron chi connectivity index (χ3n) is 5.29. The molecule has 0 radical (unpaired) electrons. The minimum Gasteiger partial charge on any atom is -0.481 e. The van der Waals surface area contributed by atoms with E-state index in [2.05, 4.69) is 16.2 Å². The molecular formula is C20H23N3O5. The molecule has 0 aromatic heterocycles. The van der Waals surface area contributed by atoms with Crippen LogP contribution in [0.2, 0.25) is 0 Å². The Balaban J connectivity index is 1.57. The fourth-order valence-electron chi connectivity index (χ4n) is 3.78. The van der Waals surface area contributed by atoms with E-state index in [1.165, 1.54) is 12.1 Å². The van der Waals surface area contributed by atoms with Crippen molar-refractivity contribution in [2.45, 2.75) is 20.3 Å². The minimum absolute atomic E-state index is 0.119. The number of hydrogen-bond acceptors (Lipinski definition) is 4. The van der Waals surface area contributed by atoms with Crippen LogP contribution in [0.1, 0.15) is 30.6 Å². The van der Waals surface area contributed by atoms with Crippen molar-refractivity contribution in [1.29, 1.82) is 0 Å². The van der Waals surface area contributed by atoms with Gasteiger partial charge in [-0.3, -0.25) is 30.0 Å². The molecule has 1 aromatic carbocycles. The van der Waals surface area contributed by atoms with Crippen LogP contribution in [0.25, 0.3) is 0 Å². The summed E-state index contributed by atoms with van der Waals surface area (Å²) >= 11 is 0. The normalized spacial score (nSPS) is 24.8. The molecular weight excluding hydrogens is 362 g/mol. The fourth-order valence-corrected chi connectivity index (χ4v) is 3.78. The number of rotatable bonds is 5. The van der Waals surface area contributed by atoms with Crippen LogP contribution in [0.3, 0.4) is 0 Å².